The minimum Gasteiger partial charge on any atom is -0.299 e. The summed E-state index contributed by atoms with van der Waals surface area (Å²) in [6.45, 7) is 30.9. The van der Waals surface area contributed by atoms with Gasteiger partial charge in [0.15, 0.2) is 0 Å². The molecule has 1 unspecified atom stereocenters. The van der Waals surface area contributed by atoms with Gasteiger partial charge in [-0.2, -0.15) is 0 Å². The van der Waals surface area contributed by atoms with Crippen LogP contribution in [0.1, 0.15) is 136 Å². The SMILES string of the molecule is CC(C)c1cc(-c2ccccc2)cc(C(C)C)c1-n1ccnc1-c1cc(-c2c(CC(C)(C)C)cc(-c3ccccc3)cc2CC(C)(C)C)ccc1C1(C)CC1(C)C. The van der Waals surface area contributed by atoms with E-state index in [4.69, 9.17) is 4.98 Å². The Bertz CT molecular complexity index is 2310. The van der Waals surface area contributed by atoms with Gasteiger partial charge in [0.2, 0.25) is 0 Å². The predicted molar refractivity (Wildman–Crippen MR) is 246 cm³/mol. The van der Waals surface area contributed by atoms with E-state index in [0.29, 0.717) is 11.8 Å². The summed E-state index contributed by atoms with van der Waals surface area (Å²) in [5.41, 5.74) is 17.7. The van der Waals surface area contributed by atoms with Crippen LogP contribution in [0, 0.1) is 16.2 Å². The van der Waals surface area contributed by atoms with Crippen molar-refractivity contribution in [3.63, 3.8) is 0 Å². The van der Waals surface area contributed by atoms with Crippen molar-refractivity contribution in [2.24, 2.45) is 16.2 Å². The average molecular weight is 755 g/mol. The molecule has 1 aliphatic carbocycles. The lowest BCUT2D eigenvalue weighted by atomic mass is 9.77. The Hall–Kier alpha value is -4.69. The van der Waals surface area contributed by atoms with Gasteiger partial charge in [-0.3, -0.25) is 4.57 Å². The predicted octanol–water partition coefficient (Wildman–Crippen LogP) is 15.7. The minimum absolute atomic E-state index is 0.0518. The van der Waals surface area contributed by atoms with Crippen LogP contribution in [0.25, 0.3) is 50.5 Å². The summed E-state index contributed by atoms with van der Waals surface area (Å²) in [5.74, 6) is 1.68. The highest BCUT2D eigenvalue weighted by molar-refractivity contribution is 5.82. The first-order valence-electron chi connectivity index (χ1n) is 21.4. The monoisotopic (exact) mass is 755 g/mol. The lowest BCUT2D eigenvalue weighted by molar-refractivity contribution is 0.406. The standard InChI is InChI=1S/C55H66N2/c1-36(2)45-31-42(39-22-18-15-19-23-39)32-46(37(3)4)50(45)57-27-26-56-51(57)47-30-40(24-25-48(47)55(13)35-54(55,11)12)49-43(33-52(5,6)7)28-41(38-20-16-14-17-21-38)29-44(49)34-53(8,9)10/h14-32,36-37H,33-35H2,1-13H3. The molecule has 0 radical (unpaired) electrons. The molecule has 0 N–H and O–H groups in total. The minimum atomic E-state index is 0.0518. The van der Waals surface area contributed by atoms with Gasteiger partial charge < -0.3 is 0 Å². The van der Waals surface area contributed by atoms with Crippen LogP contribution in [0.5, 0.6) is 0 Å². The van der Waals surface area contributed by atoms with Gasteiger partial charge in [-0.1, -0.05) is 175 Å². The van der Waals surface area contributed by atoms with E-state index >= 15 is 0 Å². The van der Waals surface area contributed by atoms with Crippen LogP contribution >= 0.6 is 0 Å². The van der Waals surface area contributed by atoms with E-state index in [-0.39, 0.29) is 21.7 Å². The van der Waals surface area contributed by atoms with E-state index in [1.807, 2.05) is 6.20 Å². The fourth-order valence-corrected chi connectivity index (χ4v) is 9.34. The van der Waals surface area contributed by atoms with E-state index in [1.54, 1.807) is 0 Å². The second kappa shape index (κ2) is 14.9. The molecule has 57 heavy (non-hydrogen) atoms. The quantitative estimate of drug-likeness (QED) is 0.136. The molecule has 0 saturated heterocycles. The molecule has 1 atom stereocenters. The maximum Gasteiger partial charge on any atom is 0.144 e. The normalized spacial score (nSPS) is 16.8. The number of hydrogen-bond acceptors (Lipinski definition) is 1. The first-order chi connectivity index (χ1) is 26.8. The fraction of sp³-hybridized carbons (Fsp3) is 0.400. The lowest BCUT2D eigenvalue weighted by Crippen LogP contribution is -2.15. The number of aromatic nitrogens is 2. The van der Waals surface area contributed by atoms with Crippen molar-refractivity contribution < 1.29 is 0 Å². The van der Waals surface area contributed by atoms with Gasteiger partial charge in [0, 0.05) is 18.0 Å². The van der Waals surface area contributed by atoms with Crippen molar-refractivity contribution in [1.82, 2.24) is 9.55 Å². The Morgan fingerprint density at radius 2 is 1.07 bits per heavy atom. The molecule has 1 aliphatic rings. The largest absolute Gasteiger partial charge is 0.299 e. The smallest absolute Gasteiger partial charge is 0.144 e. The van der Waals surface area contributed by atoms with E-state index in [2.05, 4.69) is 204 Å². The third-order valence-electron chi connectivity index (χ3n) is 12.6. The Morgan fingerprint density at radius 1 is 0.596 bits per heavy atom. The summed E-state index contributed by atoms with van der Waals surface area (Å²) >= 11 is 0. The van der Waals surface area contributed by atoms with Crippen molar-refractivity contribution >= 4 is 0 Å². The highest BCUT2D eigenvalue weighted by Crippen LogP contribution is 2.65. The molecule has 2 heteroatoms. The van der Waals surface area contributed by atoms with Crippen molar-refractivity contribution in [3.05, 3.63) is 143 Å². The van der Waals surface area contributed by atoms with Crippen molar-refractivity contribution in [2.75, 3.05) is 0 Å². The van der Waals surface area contributed by atoms with Gasteiger partial charge >= 0.3 is 0 Å². The summed E-state index contributed by atoms with van der Waals surface area (Å²) in [6.07, 6.45) is 7.37. The molecular formula is C55H66N2. The second-order valence-electron chi connectivity index (χ2n) is 21.0. The molecule has 1 saturated carbocycles. The Morgan fingerprint density at radius 3 is 1.51 bits per heavy atom. The maximum absolute atomic E-state index is 5.31. The summed E-state index contributed by atoms with van der Waals surface area (Å²) in [6, 6.07) is 39.1. The van der Waals surface area contributed by atoms with Crippen molar-refractivity contribution in [2.45, 2.75) is 127 Å². The van der Waals surface area contributed by atoms with Crippen LogP contribution in [0.3, 0.4) is 0 Å². The molecular weight excluding hydrogens is 689 g/mol. The Kier molecular flexibility index (Phi) is 10.6. The van der Waals surface area contributed by atoms with E-state index in [1.165, 1.54) is 72.4 Å². The van der Waals surface area contributed by atoms with Crippen LogP contribution in [-0.4, -0.2) is 9.55 Å². The van der Waals surface area contributed by atoms with Crippen LogP contribution in [-0.2, 0) is 18.3 Å². The molecule has 296 valence electrons. The molecule has 7 rings (SSSR count). The van der Waals surface area contributed by atoms with Gasteiger partial charge in [-0.25, -0.2) is 4.98 Å². The summed E-state index contributed by atoms with van der Waals surface area (Å²) in [7, 11) is 0. The molecule has 0 spiro atoms. The Balaban J connectivity index is 1.51. The van der Waals surface area contributed by atoms with Crippen LogP contribution in [0.15, 0.2) is 116 Å². The molecule has 0 aliphatic heterocycles. The number of nitrogens with zero attached hydrogens (tertiary/aromatic N) is 2. The topological polar surface area (TPSA) is 17.8 Å². The molecule has 1 aromatic heterocycles. The lowest BCUT2D eigenvalue weighted by Gasteiger charge is -2.28. The second-order valence-corrected chi connectivity index (χ2v) is 21.0. The van der Waals surface area contributed by atoms with Gasteiger partial charge in [0.1, 0.15) is 5.82 Å². The zero-order valence-corrected chi connectivity index (χ0v) is 37.1. The van der Waals surface area contributed by atoms with Crippen LogP contribution in [0.4, 0.5) is 0 Å². The molecule has 1 fully saturated rings. The van der Waals surface area contributed by atoms with E-state index in [0.717, 1.165) is 25.1 Å². The molecule has 2 nitrogen and oxygen atoms in total. The molecule has 6 aromatic rings. The highest BCUT2D eigenvalue weighted by atomic mass is 15.1. The molecule has 1 heterocycles. The van der Waals surface area contributed by atoms with E-state index < -0.39 is 0 Å². The van der Waals surface area contributed by atoms with E-state index in [9.17, 15) is 0 Å². The number of rotatable bonds is 10. The third kappa shape index (κ3) is 8.20. The average Bonchev–Trinajstić information content (AvgIpc) is 3.41. The summed E-state index contributed by atoms with van der Waals surface area (Å²) in [5, 5.41) is 0. The Labute approximate surface area is 344 Å². The van der Waals surface area contributed by atoms with Gasteiger partial charge in [-0.05, 0) is 132 Å². The third-order valence-corrected chi connectivity index (χ3v) is 12.6. The van der Waals surface area contributed by atoms with Crippen molar-refractivity contribution in [3.8, 4) is 50.5 Å². The number of imidazole rings is 1. The van der Waals surface area contributed by atoms with Gasteiger partial charge in [0.05, 0.1) is 5.69 Å². The van der Waals surface area contributed by atoms with Gasteiger partial charge in [-0.15, -0.1) is 0 Å². The first kappa shape index (κ1) is 40.5. The summed E-state index contributed by atoms with van der Waals surface area (Å²) < 4.78 is 2.44. The molecule has 0 amide bonds. The molecule has 0 bridgehead atoms. The van der Waals surface area contributed by atoms with Crippen LogP contribution in [0.2, 0.25) is 0 Å². The molecule has 5 aromatic carbocycles. The number of benzene rings is 5. The zero-order valence-electron chi connectivity index (χ0n) is 37.1. The zero-order chi connectivity index (χ0) is 41.1. The van der Waals surface area contributed by atoms with Crippen LogP contribution < -0.4 is 0 Å². The first-order valence-corrected chi connectivity index (χ1v) is 21.4. The van der Waals surface area contributed by atoms with Crippen molar-refractivity contribution in [1.29, 1.82) is 0 Å². The maximum atomic E-state index is 5.31. The number of hydrogen-bond donors (Lipinski definition) is 0. The fourth-order valence-electron chi connectivity index (χ4n) is 9.34. The summed E-state index contributed by atoms with van der Waals surface area (Å²) in [4.78, 5) is 5.31. The highest BCUT2D eigenvalue weighted by Gasteiger charge is 2.59. The van der Waals surface area contributed by atoms with Gasteiger partial charge in [0.25, 0.3) is 0 Å².